The zero-order valence-corrected chi connectivity index (χ0v) is 16.9. The summed E-state index contributed by atoms with van der Waals surface area (Å²) in [7, 11) is 0. The average Bonchev–Trinajstić information content (AvgIpc) is 3.16. The standard InChI is InChI=1S/C23H32O5/c1-21-7-5-15(24)10-14(21)3-4-17-20(21)18(25)11-22(2)16(6-8-23(17,22)27)13-9-19(26)28-12-13/h9,14-17,20,24,27H,3-8,10-12H2,1-2H3/t14-,15-,16+,17+,20+,21-,22+,23-/m0/s1. The lowest BCUT2D eigenvalue weighted by atomic mass is 9.43. The van der Waals surface area contributed by atoms with Gasteiger partial charge in [0, 0.05) is 23.8 Å². The summed E-state index contributed by atoms with van der Waals surface area (Å²) in [6, 6.07) is 0. The van der Waals surface area contributed by atoms with E-state index in [2.05, 4.69) is 13.8 Å². The highest BCUT2D eigenvalue weighted by molar-refractivity contribution is 5.86. The van der Waals surface area contributed by atoms with Gasteiger partial charge in [0.1, 0.15) is 12.4 Å². The van der Waals surface area contributed by atoms with Crippen LogP contribution in [0.1, 0.15) is 65.2 Å². The maximum absolute atomic E-state index is 13.6. The highest BCUT2D eigenvalue weighted by Crippen LogP contribution is 2.68. The Hall–Kier alpha value is -1.20. The van der Waals surface area contributed by atoms with Crippen molar-refractivity contribution < 1.29 is 24.5 Å². The largest absolute Gasteiger partial charge is 0.458 e. The van der Waals surface area contributed by atoms with Crippen LogP contribution in [-0.4, -0.2) is 40.3 Å². The number of carbonyl (C=O) groups excluding carboxylic acids is 2. The Morgan fingerprint density at radius 2 is 1.89 bits per heavy atom. The van der Waals surface area contributed by atoms with Gasteiger partial charge in [0.2, 0.25) is 0 Å². The molecule has 0 saturated heterocycles. The first kappa shape index (κ1) is 18.8. The van der Waals surface area contributed by atoms with Gasteiger partial charge >= 0.3 is 5.97 Å². The van der Waals surface area contributed by atoms with Crippen LogP contribution in [0.5, 0.6) is 0 Å². The van der Waals surface area contributed by atoms with Gasteiger partial charge in [0.05, 0.1) is 11.7 Å². The molecule has 0 unspecified atom stereocenters. The van der Waals surface area contributed by atoms with E-state index >= 15 is 0 Å². The minimum atomic E-state index is -0.868. The van der Waals surface area contributed by atoms with Crippen molar-refractivity contribution in [2.75, 3.05) is 6.61 Å². The molecule has 4 fully saturated rings. The number of ketones is 1. The van der Waals surface area contributed by atoms with Crippen molar-refractivity contribution in [2.45, 2.75) is 76.9 Å². The van der Waals surface area contributed by atoms with Gasteiger partial charge in [-0.1, -0.05) is 13.8 Å². The van der Waals surface area contributed by atoms with Gasteiger partial charge in [-0.2, -0.15) is 0 Å². The molecule has 4 aliphatic carbocycles. The number of esters is 1. The van der Waals surface area contributed by atoms with Crippen LogP contribution >= 0.6 is 0 Å². The van der Waals surface area contributed by atoms with E-state index in [4.69, 9.17) is 4.74 Å². The van der Waals surface area contributed by atoms with Gasteiger partial charge in [-0.15, -0.1) is 0 Å². The van der Waals surface area contributed by atoms with Gasteiger partial charge in [-0.05, 0) is 73.7 Å². The van der Waals surface area contributed by atoms with Crippen molar-refractivity contribution in [1.82, 2.24) is 0 Å². The van der Waals surface area contributed by atoms with Crippen LogP contribution in [0.25, 0.3) is 0 Å². The fourth-order valence-electron chi connectivity index (χ4n) is 8.18. The van der Waals surface area contributed by atoms with Crippen LogP contribution < -0.4 is 0 Å². The molecule has 5 nitrogen and oxygen atoms in total. The van der Waals surface area contributed by atoms with E-state index in [0.29, 0.717) is 31.1 Å². The predicted molar refractivity (Wildman–Crippen MR) is 102 cm³/mol. The number of hydrogen-bond donors (Lipinski definition) is 2. The van der Waals surface area contributed by atoms with Crippen LogP contribution in [0.15, 0.2) is 11.6 Å². The number of Topliss-reactive ketones (excluding diaryl/α,β-unsaturated/α-hetero) is 1. The summed E-state index contributed by atoms with van der Waals surface area (Å²) < 4.78 is 5.14. The van der Waals surface area contributed by atoms with Gasteiger partial charge in [0.25, 0.3) is 0 Å². The molecule has 1 heterocycles. The molecule has 0 radical (unpaired) electrons. The first-order chi connectivity index (χ1) is 13.2. The second-order valence-corrected chi connectivity index (χ2v) is 10.7. The lowest BCUT2D eigenvalue weighted by molar-refractivity contribution is -0.206. The minimum absolute atomic E-state index is 0.0149. The van der Waals surface area contributed by atoms with Crippen LogP contribution in [0.2, 0.25) is 0 Å². The Balaban J connectivity index is 1.52. The second-order valence-electron chi connectivity index (χ2n) is 10.7. The molecule has 8 atom stereocenters. The third-order valence-electron chi connectivity index (χ3n) is 9.65. The van der Waals surface area contributed by atoms with E-state index in [9.17, 15) is 19.8 Å². The minimum Gasteiger partial charge on any atom is -0.458 e. The third-order valence-corrected chi connectivity index (χ3v) is 9.65. The van der Waals surface area contributed by atoms with Crippen molar-refractivity contribution in [2.24, 2.45) is 34.5 Å². The zero-order chi connectivity index (χ0) is 19.9. The number of aliphatic hydroxyl groups is 2. The van der Waals surface area contributed by atoms with Gasteiger partial charge in [-0.25, -0.2) is 4.79 Å². The first-order valence-corrected chi connectivity index (χ1v) is 11.0. The SMILES string of the molecule is C[C@]12CC[C@H](O)C[C@@H]1CC[C@@H]1[C@@H]2C(=O)C[C@]2(C)[C@@H](C3=CC(=O)OC3)CC[C@]12O. The molecule has 5 heteroatoms. The summed E-state index contributed by atoms with van der Waals surface area (Å²) in [6.45, 7) is 4.61. The zero-order valence-electron chi connectivity index (χ0n) is 16.9. The number of cyclic esters (lactones) is 1. The number of ether oxygens (including phenoxy) is 1. The average molecular weight is 389 g/mol. The molecule has 4 saturated carbocycles. The predicted octanol–water partition coefficient (Wildman–Crippen LogP) is 2.78. The van der Waals surface area contributed by atoms with Crippen molar-refractivity contribution in [3.63, 3.8) is 0 Å². The maximum atomic E-state index is 13.6. The van der Waals surface area contributed by atoms with Crippen LogP contribution in [-0.2, 0) is 14.3 Å². The smallest absolute Gasteiger partial charge is 0.331 e. The summed E-state index contributed by atoms with van der Waals surface area (Å²) in [4.78, 5) is 25.2. The highest BCUT2D eigenvalue weighted by atomic mass is 16.5. The molecular weight excluding hydrogens is 356 g/mol. The van der Waals surface area contributed by atoms with E-state index in [-0.39, 0.29) is 35.2 Å². The Kier molecular flexibility index (Phi) is 3.97. The fraction of sp³-hybridized carbons (Fsp3) is 0.826. The summed E-state index contributed by atoms with van der Waals surface area (Å²) >= 11 is 0. The lowest BCUT2D eigenvalue weighted by Gasteiger charge is -2.62. The normalized spacial score (nSPS) is 53.1. The molecule has 0 bridgehead atoms. The summed E-state index contributed by atoms with van der Waals surface area (Å²) in [5.74, 6) is 0.272. The van der Waals surface area contributed by atoms with E-state index in [1.165, 1.54) is 0 Å². The fourth-order valence-corrected chi connectivity index (χ4v) is 8.18. The Morgan fingerprint density at radius 1 is 1.11 bits per heavy atom. The second kappa shape index (κ2) is 5.91. The highest BCUT2D eigenvalue weighted by Gasteiger charge is 2.70. The monoisotopic (exact) mass is 388 g/mol. The van der Waals surface area contributed by atoms with E-state index in [1.807, 2.05) is 0 Å². The quantitative estimate of drug-likeness (QED) is 0.675. The molecule has 0 spiro atoms. The molecule has 28 heavy (non-hydrogen) atoms. The van der Waals surface area contributed by atoms with Crippen molar-refractivity contribution in [3.8, 4) is 0 Å². The number of carbonyl (C=O) groups is 2. The van der Waals surface area contributed by atoms with Gasteiger partial charge in [0.15, 0.2) is 0 Å². The van der Waals surface area contributed by atoms with Crippen molar-refractivity contribution in [1.29, 1.82) is 0 Å². The molecule has 0 amide bonds. The van der Waals surface area contributed by atoms with E-state index < -0.39 is 11.0 Å². The van der Waals surface area contributed by atoms with Crippen LogP contribution in [0, 0.1) is 34.5 Å². The van der Waals surface area contributed by atoms with Crippen molar-refractivity contribution in [3.05, 3.63) is 11.6 Å². The van der Waals surface area contributed by atoms with E-state index in [0.717, 1.165) is 44.1 Å². The number of aliphatic hydroxyl groups excluding tert-OH is 1. The van der Waals surface area contributed by atoms with Crippen molar-refractivity contribution >= 4 is 11.8 Å². The summed E-state index contributed by atoms with van der Waals surface area (Å²) in [6.07, 6.45) is 7.48. The molecule has 2 N–H and O–H groups in total. The van der Waals surface area contributed by atoms with Crippen LogP contribution in [0.3, 0.4) is 0 Å². The molecule has 0 aromatic rings. The summed E-state index contributed by atoms with van der Waals surface area (Å²) in [5.41, 5.74) is -0.551. The first-order valence-electron chi connectivity index (χ1n) is 11.0. The lowest BCUT2D eigenvalue weighted by Crippen LogP contribution is -2.65. The van der Waals surface area contributed by atoms with Gasteiger partial charge < -0.3 is 14.9 Å². The number of rotatable bonds is 1. The Bertz CT molecular complexity index is 758. The van der Waals surface area contributed by atoms with Crippen LogP contribution in [0.4, 0.5) is 0 Å². The molecule has 5 aliphatic rings. The molecule has 0 aromatic carbocycles. The molecule has 154 valence electrons. The Labute approximate surface area is 166 Å². The van der Waals surface area contributed by atoms with E-state index in [1.54, 1.807) is 6.08 Å². The topological polar surface area (TPSA) is 83.8 Å². The third kappa shape index (κ3) is 2.26. The molecular formula is C23H32O5. The molecule has 1 aliphatic heterocycles. The number of hydrogen-bond acceptors (Lipinski definition) is 5. The Morgan fingerprint density at radius 3 is 2.61 bits per heavy atom. The molecule has 5 rings (SSSR count). The molecule has 0 aromatic heterocycles. The maximum Gasteiger partial charge on any atom is 0.331 e. The van der Waals surface area contributed by atoms with Gasteiger partial charge in [-0.3, -0.25) is 4.79 Å². The number of fused-ring (bicyclic) bond motifs is 5. The summed E-state index contributed by atoms with van der Waals surface area (Å²) in [5, 5.41) is 22.2.